The third-order valence-electron chi connectivity index (χ3n) is 2.58. The molecule has 15 heavy (non-hydrogen) atoms. The van der Waals surface area contributed by atoms with Gasteiger partial charge in [-0.05, 0) is 6.92 Å². The Kier molecular flexibility index (Phi) is 4.31. The van der Waals surface area contributed by atoms with Crippen LogP contribution in [-0.4, -0.2) is 66.1 Å². The van der Waals surface area contributed by atoms with E-state index in [9.17, 15) is 4.79 Å². The molecule has 6 nitrogen and oxygen atoms in total. The van der Waals surface area contributed by atoms with Crippen molar-refractivity contribution in [2.24, 2.45) is 0 Å². The third-order valence-corrected chi connectivity index (χ3v) is 2.58. The smallest absolute Gasteiger partial charge is 0.317 e. The van der Waals surface area contributed by atoms with Crippen LogP contribution < -0.4 is 10.6 Å². The predicted octanol–water partition coefficient (Wildman–Crippen LogP) is -1.66. The number of hydrogen-bond donors (Lipinski definition) is 4. The van der Waals surface area contributed by atoms with Gasteiger partial charge in [-0.15, -0.1) is 0 Å². The van der Waals surface area contributed by atoms with Gasteiger partial charge in [0.2, 0.25) is 0 Å². The predicted molar refractivity (Wildman–Crippen MR) is 55.6 cm³/mol. The van der Waals surface area contributed by atoms with Crippen LogP contribution in [0.5, 0.6) is 0 Å². The first-order valence-corrected chi connectivity index (χ1v) is 5.11. The highest BCUT2D eigenvalue weighted by molar-refractivity contribution is 5.76. The maximum atomic E-state index is 11.2. The van der Waals surface area contributed by atoms with Crippen LogP contribution in [0.4, 0.5) is 4.79 Å². The average Bonchev–Trinajstić information content (AvgIpc) is 2.64. The van der Waals surface area contributed by atoms with Crippen LogP contribution in [0, 0.1) is 0 Å². The summed E-state index contributed by atoms with van der Waals surface area (Å²) in [6.07, 6.45) is 0. The lowest BCUT2D eigenvalue weighted by atomic mass is 10.1. The minimum atomic E-state index is -0.670. The van der Waals surface area contributed by atoms with E-state index in [0.29, 0.717) is 19.6 Å². The highest BCUT2D eigenvalue weighted by atomic mass is 16.3. The molecule has 1 heterocycles. The summed E-state index contributed by atoms with van der Waals surface area (Å²) in [6, 6.07) is -0.0495. The standard InChI is InChI=1S/C9H19N3O3/c1-9(6-13,7-14)11-3-5-12-4-2-10-8(12)15/h11,13-14H,2-7H2,1H3,(H,10,15). The van der Waals surface area contributed by atoms with Gasteiger partial charge in [-0.1, -0.05) is 0 Å². The first-order chi connectivity index (χ1) is 7.11. The first kappa shape index (κ1) is 12.2. The van der Waals surface area contributed by atoms with Crippen LogP contribution in [0.1, 0.15) is 6.92 Å². The van der Waals surface area contributed by atoms with Crippen molar-refractivity contribution < 1.29 is 15.0 Å². The van der Waals surface area contributed by atoms with Crippen molar-refractivity contribution in [1.29, 1.82) is 0 Å². The third kappa shape index (κ3) is 3.33. The summed E-state index contributed by atoms with van der Waals surface area (Å²) < 4.78 is 0. The quantitative estimate of drug-likeness (QED) is 0.429. The molecule has 88 valence electrons. The van der Waals surface area contributed by atoms with Gasteiger partial charge in [0.15, 0.2) is 0 Å². The van der Waals surface area contributed by atoms with Crippen molar-refractivity contribution in [2.45, 2.75) is 12.5 Å². The minimum Gasteiger partial charge on any atom is -0.394 e. The number of aliphatic hydroxyl groups excluding tert-OH is 2. The minimum absolute atomic E-state index is 0.0495. The van der Waals surface area contributed by atoms with E-state index < -0.39 is 5.54 Å². The van der Waals surface area contributed by atoms with Crippen LogP contribution in [-0.2, 0) is 0 Å². The Morgan fingerprint density at radius 2 is 2.20 bits per heavy atom. The highest BCUT2D eigenvalue weighted by Gasteiger charge is 2.23. The lowest BCUT2D eigenvalue weighted by Crippen LogP contribution is -2.51. The Labute approximate surface area is 89.3 Å². The van der Waals surface area contributed by atoms with Crippen molar-refractivity contribution in [1.82, 2.24) is 15.5 Å². The molecular formula is C9H19N3O3. The zero-order valence-electron chi connectivity index (χ0n) is 8.99. The summed E-state index contributed by atoms with van der Waals surface area (Å²) in [5.74, 6) is 0. The normalized spacial score (nSPS) is 17.0. The Balaban J connectivity index is 2.23. The Bertz CT molecular complexity index is 219. The van der Waals surface area contributed by atoms with Crippen molar-refractivity contribution in [3.8, 4) is 0 Å². The van der Waals surface area contributed by atoms with Gasteiger partial charge in [-0.3, -0.25) is 0 Å². The Morgan fingerprint density at radius 3 is 2.67 bits per heavy atom. The Morgan fingerprint density at radius 1 is 1.53 bits per heavy atom. The van der Waals surface area contributed by atoms with Crippen molar-refractivity contribution >= 4 is 6.03 Å². The molecule has 0 atom stereocenters. The van der Waals surface area contributed by atoms with Crippen molar-refractivity contribution in [2.75, 3.05) is 39.4 Å². The molecule has 0 unspecified atom stereocenters. The van der Waals surface area contributed by atoms with Gasteiger partial charge in [-0.25, -0.2) is 4.79 Å². The molecule has 4 N–H and O–H groups in total. The van der Waals surface area contributed by atoms with Crippen molar-refractivity contribution in [3.05, 3.63) is 0 Å². The van der Waals surface area contributed by atoms with Gasteiger partial charge < -0.3 is 25.7 Å². The summed E-state index contributed by atoms with van der Waals surface area (Å²) in [5, 5.41) is 23.8. The zero-order valence-corrected chi connectivity index (χ0v) is 8.99. The van der Waals surface area contributed by atoms with E-state index in [0.717, 1.165) is 6.54 Å². The zero-order chi connectivity index (χ0) is 11.3. The van der Waals surface area contributed by atoms with Gasteiger partial charge in [0, 0.05) is 26.2 Å². The van der Waals surface area contributed by atoms with Gasteiger partial charge in [0.25, 0.3) is 0 Å². The summed E-state index contributed by atoms with van der Waals surface area (Å²) in [4.78, 5) is 12.9. The van der Waals surface area contributed by atoms with Crippen LogP contribution in [0.2, 0.25) is 0 Å². The topological polar surface area (TPSA) is 84.8 Å². The van der Waals surface area contributed by atoms with E-state index in [4.69, 9.17) is 10.2 Å². The number of aliphatic hydroxyl groups is 2. The summed E-state index contributed by atoms with van der Waals surface area (Å²) in [7, 11) is 0. The average molecular weight is 217 g/mol. The van der Waals surface area contributed by atoms with Crippen LogP contribution in [0.25, 0.3) is 0 Å². The van der Waals surface area contributed by atoms with Crippen LogP contribution in [0.3, 0.4) is 0 Å². The SMILES string of the molecule is CC(CO)(CO)NCCN1CCNC1=O. The number of nitrogens with one attached hydrogen (secondary N) is 2. The fourth-order valence-electron chi connectivity index (χ4n) is 1.38. The molecule has 0 saturated carbocycles. The van der Waals surface area contributed by atoms with E-state index in [2.05, 4.69) is 10.6 Å². The number of carbonyl (C=O) groups is 1. The van der Waals surface area contributed by atoms with E-state index in [-0.39, 0.29) is 19.2 Å². The van der Waals surface area contributed by atoms with Crippen LogP contribution in [0.15, 0.2) is 0 Å². The molecule has 1 aliphatic heterocycles. The fourth-order valence-corrected chi connectivity index (χ4v) is 1.38. The molecular weight excluding hydrogens is 198 g/mol. The van der Waals surface area contributed by atoms with Crippen LogP contribution >= 0.6 is 0 Å². The largest absolute Gasteiger partial charge is 0.394 e. The summed E-state index contributed by atoms with van der Waals surface area (Å²) in [6.45, 7) is 4.03. The van der Waals surface area contributed by atoms with Gasteiger partial charge in [-0.2, -0.15) is 0 Å². The maximum absolute atomic E-state index is 11.2. The van der Waals surface area contributed by atoms with Gasteiger partial charge in [0.05, 0.1) is 18.8 Å². The number of hydrogen-bond acceptors (Lipinski definition) is 4. The molecule has 2 amide bonds. The van der Waals surface area contributed by atoms with Crippen molar-refractivity contribution in [3.63, 3.8) is 0 Å². The maximum Gasteiger partial charge on any atom is 0.317 e. The number of nitrogens with zero attached hydrogens (tertiary/aromatic N) is 1. The molecule has 1 fully saturated rings. The van der Waals surface area contributed by atoms with Gasteiger partial charge >= 0.3 is 6.03 Å². The highest BCUT2D eigenvalue weighted by Crippen LogP contribution is 2.01. The molecule has 0 radical (unpaired) electrons. The molecule has 1 saturated heterocycles. The molecule has 0 aromatic rings. The molecule has 6 heteroatoms. The summed E-state index contributed by atoms with van der Waals surface area (Å²) in [5.41, 5.74) is -0.670. The number of urea groups is 1. The molecule has 0 aromatic heterocycles. The fraction of sp³-hybridized carbons (Fsp3) is 0.889. The second-order valence-electron chi connectivity index (χ2n) is 4.02. The second-order valence-corrected chi connectivity index (χ2v) is 4.02. The van der Waals surface area contributed by atoms with E-state index in [1.807, 2.05) is 0 Å². The first-order valence-electron chi connectivity index (χ1n) is 5.11. The molecule has 0 spiro atoms. The van der Waals surface area contributed by atoms with E-state index in [1.165, 1.54) is 0 Å². The number of rotatable bonds is 6. The molecule has 1 rings (SSSR count). The molecule has 0 bridgehead atoms. The lowest BCUT2D eigenvalue weighted by Gasteiger charge is -2.27. The lowest BCUT2D eigenvalue weighted by molar-refractivity contribution is 0.103. The second kappa shape index (κ2) is 5.29. The van der Waals surface area contributed by atoms with E-state index in [1.54, 1.807) is 11.8 Å². The monoisotopic (exact) mass is 217 g/mol. The molecule has 0 aromatic carbocycles. The molecule has 0 aliphatic carbocycles. The van der Waals surface area contributed by atoms with E-state index >= 15 is 0 Å². The number of amides is 2. The Hall–Kier alpha value is -0.850. The molecule has 1 aliphatic rings. The number of carbonyl (C=O) groups excluding carboxylic acids is 1. The van der Waals surface area contributed by atoms with Gasteiger partial charge in [0.1, 0.15) is 0 Å². The summed E-state index contributed by atoms with van der Waals surface area (Å²) >= 11 is 0.